The molecule has 0 unspecified atom stereocenters. The maximum atomic E-state index is 12.9. The van der Waals surface area contributed by atoms with Gasteiger partial charge in [0, 0.05) is 38.1 Å². The van der Waals surface area contributed by atoms with Crippen molar-refractivity contribution < 1.29 is 9.59 Å². The molecule has 1 fully saturated rings. The molecular weight excluding hydrogens is 366 g/mol. The summed E-state index contributed by atoms with van der Waals surface area (Å²) < 4.78 is 0. The van der Waals surface area contributed by atoms with Crippen LogP contribution in [0.15, 0.2) is 72.9 Å². The van der Waals surface area contributed by atoms with Gasteiger partial charge in [0.1, 0.15) is 17.2 Å². The number of carbonyl (C=O) groups excluding carboxylic acids is 2. The molecule has 2 aromatic heterocycles. The van der Waals surface area contributed by atoms with Crippen molar-refractivity contribution >= 4 is 23.3 Å². The van der Waals surface area contributed by atoms with Gasteiger partial charge < -0.3 is 15.1 Å². The summed E-state index contributed by atoms with van der Waals surface area (Å²) in [4.78, 5) is 37.9. The zero-order valence-corrected chi connectivity index (χ0v) is 15.9. The Hall–Kier alpha value is -3.74. The van der Waals surface area contributed by atoms with Gasteiger partial charge in [0.25, 0.3) is 11.8 Å². The van der Waals surface area contributed by atoms with Crippen LogP contribution >= 0.6 is 0 Å². The van der Waals surface area contributed by atoms with Crippen LogP contribution in [0.3, 0.4) is 0 Å². The first-order valence-corrected chi connectivity index (χ1v) is 9.49. The number of para-hydroxylation sites is 1. The van der Waals surface area contributed by atoms with Gasteiger partial charge in [-0.1, -0.05) is 30.3 Å². The fourth-order valence-corrected chi connectivity index (χ4v) is 3.24. The van der Waals surface area contributed by atoms with Gasteiger partial charge in [0.2, 0.25) is 0 Å². The maximum absolute atomic E-state index is 12.9. The van der Waals surface area contributed by atoms with E-state index in [1.165, 1.54) is 0 Å². The molecule has 146 valence electrons. The molecule has 7 nitrogen and oxygen atoms in total. The molecule has 1 N–H and O–H groups in total. The van der Waals surface area contributed by atoms with E-state index in [-0.39, 0.29) is 23.2 Å². The predicted molar refractivity (Wildman–Crippen MR) is 111 cm³/mol. The Bertz CT molecular complexity index is 986. The van der Waals surface area contributed by atoms with Gasteiger partial charge in [-0.2, -0.15) is 0 Å². The number of aromatic nitrogens is 2. The maximum Gasteiger partial charge on any atom is 0.274 e. The van der Waals surface area contributed by atoms with Crippen LogP contribution in [-0.4, -0.2) is 52.9 Å². The van der Waals surface area contributed by atoms with Crippen molar-refractivity contribution in [2.75, 3.05) is 36.4 Å². The molecule has 29 heavy (non-hydrogen) atoms. The first-order chi connectivity index (χ1) is 14.2. The van der Waals surface area contributed by atoms with Gasteiger partial charge in [0.15, 0.2) is 0 Å². The molecule has 3 heterocycles. The zero-order valence-electron chi connectivity index (χ0n) is 15.9. The van der Waals surface area contributed by atoms with Crippen molar-refractivity contribution in [3.05, 3.63) is 84.3 Å². The van der Waals surface area contributed by atoms with Gasteiger partial charge in [0.05, 0.1) is 0 Å². The molecule has 0 bridgehead atoms. The molecule has 4 rings (SSSR count). The van der Waals surface area contributed by atoms with Gasteiger partial charge >= 0.3 is 0 Å². The largest absolute Gasteiger partial charge is 0.353 e. The van der Waals surface area contributed by atoms with Crippen LogP contribution in [0, 0.1) is 0 Å². The van der Waals surface area contributed by atoms with E-state index in [2.05, 4.69) is 20.2 Å². The van der Waals surface area contributed by atoms with Crippen LogP contribution in [0.4, 0.5) is 11.5 Å². The summed E-state index contributed by atoms with van der Waals surface area (Å²) in [5.74, 6) is 0.406. The third kappa shape index (κ3) is 4.40. The summed E-state index contributed by atoms with van der Waals surface area (Å²) >= 11 is 0. The van der Waals surface area contributed by atoms with E-state index in [1.807, 2.05) is 36.4 Å². The number of anilines is 2. The Labute approximate surface area is 169 Å². The monoisotopic (exact) mass is 387 g/mol. The smallest absolute Gasteiger partial charge is 0.274 e. The highest BCUT2D eigenvalue weighted by atomic mass is 16.2. The fourth-order valence-electron chi connectivity index (χ4n) is 3.24. The Morgan fingerprint density at radius 3 is 2.24 bits per heavy atom. The summed E-state index contributed by atoms with van der Waals surface area (Å²) in [6.45, 7) is 2.57. The molecule has 7 heteroatoms. The molecular formula is C22H21N5O2. The van der Waals surface area contributed by atoms with Crippen molar-refractivity contribution in [3.63, 3.8) is 0 Å². The molecule has 1 aliphatic heterocycles. The van der Waals surface area contributed by atoms with Crippen molar-refractivity contribution in [2.24, 2.45) is 0 Å². The van der Waals surface area contributed by atoms with Crippen molar-refractivity contribution in [1.82, 2.24) is 14.9 Å². The number of piperazine rings is 1. The van der Waals surface area contributed by atoms with E-state index in [0.29, 0.717) is 31.9 Å². The molecule has 0 radical (unpaired) electrons. The second kappa shape index (κ2) is 8.52. The van der Waals surface area contributed by atoms with Crippen molar-refractivity contribution in [1.29, 1.82) is 0 Å². The number of hydrogen-bond donors (Lipinski definition) is 1. The summed E-state index contributed by atoms with van der Waals surface area (Å²) in [6, 6.07) is 19.9. The van der Waals surface area contributed by atoms with Crippen LogP contribution in [0.2, 0.25) is 0 Å². The zero-order chi connectivity index (χ0) is 20.1. The normalized spacial score (nSPS) is 13.8. The highest BCUT2D eigenvalue weighted by molar-refractivity contribution is 6.03. The third-order valence-corrected chi connectivity index (χ3v) is 4.77. The SMILES string of the molecule is O=C(Nc1ccccc1)c1cccc(C(=O)N2CCN(c3ccccn3)CC2)n1. The Morgan fingerprint density at radius 2 is 1.52 bits per heavy atom. The third-order valence-electron chi connectivity index (χ3n) is 4.77. The quantitative estimate of drug-likeness (QED) is 0.745. The second-order valence-corrected chi connectivity index (χ2v) is 6.70. The summed E-state index contributed by atoms with van der Waals surface area (Å²) in [5.41, 5.74) is 1.17. The van der Waals surface area contributed by atoms with Crippen LogP contribution in [0.5, 0.6) is 0 Å². The Kier molecular flexibility index (Phi) is 5.47. The number of amides is 2. The van der Waals surface area contributed by atoms with Gasteiger partial charge in [-0.25, -0.2) is 9.97 Å². The molecule has 0 saturated carbocycles. The second-order valence-electron chi connectivity index (χ2n) is 6.70. The number of nitrogens with one attached hydrogen (secondary N) is 1. The van der Waals surface area contributed by atoms with E-state index >= 15 is 0 Å². The van der Waals surface area contributed by atoms with Gasteiger partial charge in [-0.15, -0.1) is 0 Å². The highest BCUT2D eigenvalue weighted by Gasteiger charge is 2.24. The van der Waals surface area contributed by atoms with Crippen LogP contribution < -0.4 is 10.2 Å². The van der Waals surface area contributed by atoms with Crippen molar-refractivity contribution in [2.45, 2.75) is 0 Å². The van der Waals surface area contributed by atoms with Gasteiger partial charge in [-0.3, -0.25) is 9.59 Å². The van der Waals surface area contributed by atoms with E-state index in [0.717, 1.165) is 5.82 Å². The molecule has 1 aliphatic rings. The number of nitrogens with zero attached hydrogens (tertiary/aromatic N) is 4. The average Bonchev–Trinajstić information content (AvgIpc) is 2.80. The standard InChI is InChI=1S/C22H21N5O2/c28-21(24-17-7-2-1-3-8-17)18-9-6-10-19(25-18)22(29)27-15-13-26(14-16-27)20-11-4-5-12-23-20/h1-12H,13-16H2,(H,24,28). The topological polar surface area (TPSA) is 78.4 Å². The predicted octanol–water partition coefficient (Wildman–Crippen LogP) is 2.69. The first-order valence-electron chi connectivity index (χ1n) is 9.49. The first kappa shape index (κ1) is 18.6. The highest BCUT2D eigenvalue weighted by Crippen LogP contribution is 2.14. The van der Waals surface area contributed by atoms with Gasteiger partial charge in [-0.05, 0) is 36.4 Å². The molecule has 1 aromatic carbocycles. The van der Waals surface area contributed by atoms with E-state index < -0.39 is 0 Å². The lowest BCUT2D eigenvalue weighted by molar-refractivity contribution is 0.0740. The minimum atomic E-state index is -0.342. The van der Waals surface area contributed by atoms with Crippen LogP contribution in [0.25, 0.3) is 0 Å². The summed E-state index contributed by atoms with van der Waals surface area (Å²) in [6.07, 6.45) is 1.77. The number of rotatable bonds is 4. The molecule has 0 aliphatic carbocycles. The number of hydrogen-bond acceptors (Lipinski definition) is 5. The summed E-state index contributed by atoms with van der Waals surface area (Å²) in [7, 11) is 0. The summed E-state index contributed by atoms with van der Waals surface area (Å²) in [5, 5.41) is 2.79. The lowest BCUT2D eigenvalue weighted by Crippen LogP contribution is -2.49. The van der Waals surface area contributed by atoms with E-state index in [9.17, 15) is 9.59 Å². The molecule has 2 amide bonds. The Morgan fingerprint density at radius 1 is 0.793 bits per heavy atom. The number of carbonyl (C=O) groups is 2. The van der Waals surface area contributed by atoms with Crippen molar-refractivity contribution in [3.8, 4) is 0 Å². The number of benzene rings is 1. The van der Waals surface area contributed by atoms with E-state index in [1.54, 1.807) is 41.4 Å². The minimum Gasteiger partial charge on any atom is -0.353 e. The molecule has 3 aromatic rings. The molecule has 0 spiro atoms. The van der Waals surface area contributed by atoms with Crippen LogP contribution in [-0.2, 0) is 0 Å². The average molecular weight is 387 g/mol. The molecule has 1 saturated heterocycles. The lowest BCUT2D eigenvalue weighted by Gasteiger charge is -2.35. The number of pyridine rings is 2. The van der Waals surface area contributed by atoms with Crippen LogP contribution in [0.1, 0.15) is 21.0 Å². The Balaban J connectivity index is 1.40. The fraction of sp³-hybridized carbons (Fsp3) is 0.182. The minimum absolute atomic E-state index is 0.167. The lowest BCUT2D eigenvalue weighted by atomic mass is 10.2. The van der Waals surface area contributed by atoms with E-state index in [4.69, 9.17) is 0 Å². The molecule has 0 atom stereocenters.